The predicted molar refractivity (Wildman–Crippen MR) is 116 cm³/mol. The van der Waals surface area contributed by atoms with E-state index < -0.39 is 10.0 Å². The Morgan fingerprint density at radius 3 is 2.40 bits per heavy atom. The standard InChI is InChI=1S/C23H22N2O4S/c26-23(17-29-20-9-3-1-4-10-20)24-19-13-14-22-18(16-19)8-7-15-25(22)30(27,28)21-11-5-2-6-12-21/h1-6,9-14,16H,7-8,15,17H2,(H,24,26). The van der Waals surface area contributed by atoms with E-state index in [1.807, 2.05) is 24.3 Å². The van der Waals surface area contributed by atoms with Crippen LogP contribution in [0.25, 0.3) is 0 Å². The highest BCUT2D eigenvalue weighted by molar-refractivity contribution is 7.92. The molecule has 1 N–H and O–H groups in total. The molecule has 1 aliphatic heterocycles. The lowest BCUT2D eigenvalue weighted by atomic mass is 10.0. The average molecular weight is 423 g/mol. The largest absolute Gasteiger partial charge is 0.484 e. The van der Waals surface area contributed by atoms with Crippen molar-refractivity contribution in [2.45, 2.75) is 17.7 Å². The Bertz CT molecular complexity index is 1130. The third-order valence-electron chi connectivity index (χ3n) is 4.88. The molecule has 6 nitrogen and oxygen atoms in total. The minimum atomic E-state index is -3.62. The van der Waals surface area contributed by atoms with Crippen LogP contribution in [0.15, 0.2) is 83.8 Å². The number of carbonyl (C=O) groups is 1. The molecule has 0 aliphatic carbocycles. The van der Waals surface area contributed by atoms with E-state index in [0.29, 0.717) is 30.1 Å². The molecule has 0 radical (unpaired) electrons. The Labute approximate surface area is 176 Å². The van der Waals surface area contributed by atoms with Crippen molar-refractivity contribution in [3.05, 3.63) is 84.4 Å². The maximum absolute atomic E-state index is 13.1. The number of anilines is 2. The first-order valence-corrected chi connectivity index (χ1v) is 11.2. The van der Waals surface area contributed by atoms with Crippen LogP contribution < -0.4 is 14.4 Å². The van der Waals surface area contributed by atoms with Gasteiger partial charge in [0.05, 0.1) is 10.6 Å². The Balaban J connectivity index is 1.49. The summed E-state index contributed by atoms with van der Waals surface area (Å²) in [5, 5.41) is 2.82. The summed E-state index contributed by atoms with van der Waals surface area (Å²) in [6.45, 7) is 0.330. The monoisotopic (exact) mass is 422 g/mol. The van der Waals surface area contributed by atoms with Crippen molar-refractivity contribution in [2.75, 3.05) is 22.8 Å². The zero-order chi connectivity index (χ0) is 21.0. The molecule has 1 amide bonds. The fourth-order valence-electron chi connectivity index (χ4n) is 3.47. The highest BCUT2D eigenvalue weighted by Crippen LogP contribution is 2.33. The number of carbonyl (C=O) groups excluding carboxylic acids is 1. The first kappa shape index (κ1) is 20.0. The van der Waals surface area contributed by atoms with Crippen molar-refractivity contribution in [1.82, 2.24) is 0 Å². The number of rotatable bonds is 6. The normalized spacial score (nSPS) is 13.4. The predicted octanol–water partition coefficient (Wildman–Crippen LogP) is 3.85. The zero-order valence-electron chi connectivity index (χ0n) is 16.3. The van der Waals surface area contributed by atoms with E-state index in [1.54, 1.807) is 54.6 Å². The van der Waals surface area contributed by atoms with Gasteiger partial charge in [0, 0.05) is 12.2 Å². The van der Waals surface area contributed by atoms with Crippen molar-refractivity contribution in [2.24, 2.45) is 0 Å². The summed E-state index contributed by atoms with van der Waals surface area (Å²) in [6.07, 6.45) is 1.47. The molecule has 7 heteroatoms. The molecule has 0 atom stereocenters. The van der Waals surface area contributed by atoms with Crippen LogP contribution in [0.4, 0.5) is 11.4 Å². The van der Waals surface area contributed by atoms with E-state index in [9.17, 15) is 13.2 Å². The quantitative estimate of drug-likeness (QED) is 0.655. The first-order valence-electron chi connectivity index (χ1n) is 9.72. The number of benzene rings is 3. The van der Waals surface area contributed by atoms with Crippen LogP contribution in [0, 0.1) is 0 Å². The van der Waals surface area contributed by atoms with Crippen molar-refractivity contribution < 1.29 is 17.9 Å². The lowest BCUT2D eigenvalue weighted by Crippen LogP contribution is -2.35. The third kappa shape index (κ3) is 4.31. The van der Waals surface area contributed by atoms with Crippen LogP contribution in [-0.4, -0.2) is 27.5 Å². The summed E-state index contributed by atoms with van der Waals surface area (Å²) in [5.74, 6) is 0.350. The number of nitrogens with zero attached hydrogens (tertiary/aromatic N) is 1. The molecular formula is C23H22N2O4S. The summed E-state index contributed by atoms with van der Waals surface area (Å²) in [7, 11) is -3.62. The van der Waals surface area contributed by atoms with Crippen LogP contribution >= 0.6 is 0 Å². The fourth-order valence-corrected chi connectivity index (χ4v) is 5.03. The number of hydrogen-bond donors (Lipinski definition) is 1. The van der Waals surface area contributed by atoms with Crippen LogP contribution in [-0.2, 0) is 21.2 Å². The highest BCUT2D eigenvalue weighted by Gasteiger charge is 2.29. The van der Waals surface area contributed by atoms with Gasteiger partial charge < -0.3 is 10.1 Å². The molecule has 0 spiro atoms. The highest BCUT2D eigenvalue weighted by atomic mass is 32.2. The van der Waals surface area contributed by atoms with Crippen LogP contribution in [0.1, 0.15) is 12.0 Å². The molecule has 4 rings (SSSR count). The summed E-state index contributed by atoms with van der Waals surface area (Å²) in [5.41, 5.74) is 2.17. The van der Waals surface area contributed by atoms with Gasteiger partial charge in [0.25, 0.3) is 15.9 Å². The summed E-state index contributed by atoms with van der Waals surface area (Å²) in [6, 6.07) is 22.9. The summed E-state index contributed by atoms with van der Waals surface area (Å²) in [4.78, 5) is 12.5. The number of hydrogen-bond acceptors (Lipinski definition) is 4. The van der Waals surface area contributed by atoms with Gasteiger partial charge in [-0.25, -0.2) is 8.42 Å². The zero-order valence-corrected chi connectivity index (χ0v) is 17.1. The van der Waals surface area contributed by atoms with E-state index in [2.05, 4.69) is 5.32 Å². The lowest BCUT2D eigenvalue weighted by molar-refractivity contribution is -0.118. The van der Waals surface area contributed by atoms with Gasteiger partial charge in [-0.2, -0.15) is 0 Å². The molecule has 0 unspecified atom stereocenters. The summed E-state index contributed by atoms with van der Waals surface area (Å²) < 4.78 is 33.1. The maximum Gasteiger partial charge on any atom is 0.264 e. The van der Waals surface area contributed by atoms with Gasteiger partial charge in [0.2, 0.25) is 0 Å². The number of amides is 1. The van der Waals surface area contributed by atoms with Crippen molar-refractivity contribution in [1.29, 1.82) is 0 Å². The Morgan fingerprint density at radius 2 is 1.67 bits per heavy atom. The van der Waals surface area contributed by atoms with E-state index in [0.717, 1.165) is 12.0 Å². The molecular weight excluding hydrogens is 400 g/mol. The number of para-hydroxylation sites is 1. The second kappa shape index (κ2) is 8.59. The van der Waals surface area contributed by atoms with E-state index >= 15 is 0 Å². The molecule has 1 heterocycles. The number of nitrogens with one attached hydrogen (secondary N) is 1. The molecule has 30 heavy (non-hydrogen) atoms. The van der Waals surface area contributed by atoms with Crippen molar-refractivity contribution in [3.63, 3.8) is 0 Å². The van der Waals surface area contributed by atoms with E-state index in [-0.39, 0.29) is 17.4 Å². The van der Waals surface area contributed by atoms with Gasteiger partial charge in [-0.3, -0.25) is 9.10 Å². The smallest absolute Gasteiger partial charge is 0.264 e. The third-order valence-corrected chi connectivity index (χ3v) is 6.71. The molecule has 1 aliphatic rings. The maximum atomic E-state index is 13.1. The van der Waals surface area contributed by atoms with Gasteiger partial charge in [-0.1, -0.05) is 36.4 Å². The molecule has 0 saturated heterocycles. The molecule has 0 saturated carbocycles. The van der Waals surface area contributed by atoms with Gasteiger partial charge in [-0.05, 0) is 60.9 Å². The molecule has 3 aromatic rings. The second-order valence-corrected chi connectivity index (χ2v) is 8.85. The fraction of sp³-hybridized carbons (Fsp3) is 0.174. The lowest BCUT2D eigenvalue weighted by Gasteiger charge is -2.30. The molecule has 154 valence electrons. The molecule has 0 aromatic heterocycles. The number of ether oxygens (including phenoxy) is 1. The van der Waals surface area contributed by atoms with Crippen LogP contribution in [0.2, 0.25) is 0 Å². The Hall–Kier alpha value is -3.32. The minimum absolute atomic E-state index is 0.102. The van der Waals surface area contributed by atoms with Gasteiger partial charge >= 0.3 is 0 Å². The molecule has 0 bridgehead atoms. The number of sulfonamides is 1. The van der Waals surface area contributed by atoms with E-state index in [4.69, 9.17) is 4.74 Å². The van der Waals surface area contributed by atoms with E-state index in [1.165, 1.54) is 4.31 Å². The van der Waals surface area contributed by atoms with Crippen LogP contribution in [0.5, 0.6) is 5.75 Å². The van der Waals surface area contributed by atoms with Crippen LogP contribution in [0.3, 0.4) is 0 Å². The first-order chi connectivity index (χ1) is 14.5. The molecule has 0 fully saturated rings. The Kier molecular flexibility index (Phi) is 5.72. The SMILES string of the molecule is O=C(COc1ccccc1)Nc1ccc2c(c1)CCCN2S(=O)(=O)c1ccccc1. The summed E-state index contributed by atoms with van der Waals surface area (Å²) >= 11 is 0. The van der Waals surface area contributed by atoms with Crippen molar-refractivity contribution >= 4 is 27.3 Å². The van der Waals surface area contributed by atoms with Crippen molar-refractivity contribution in [3.8, 4) is 5.75 Å². The number of fused-ring (bicyclic) bond motifs is 1. The molecule has 3 aromatic carbocycles. The van der Waals surface area contributed by atoms with Gasteiger partial charge in [0.1, 0.15) is 5.75 Å². The van der Waals surface area contributed by atoms with Gasteiger partial charge in [-0.15, -0.1) is 0 Å². The van der Waals surface area contributed by atoms with Gasteiger partial charge in [0.15, 0.2) is 6.61 Å². The average Bonchev–Trinajstić information content (AvgIpc) is 2.78. The minimum Gasteiger partial charge on any atom is -0.484 e. The number of aryl methyl sites for hydroxylation is 1. The topological polar surface area (TPSA) is 75.7 Å². The Morgan fingerprint density at radius 1 is 0.967 bits per heavy atom. The second-order valence-electron chi connectivity index (χ2n) is 6.99.